The Balaban J connectivity index is 0.00000106. The summed E-state index contributed by atoms with van der Waals surface area (Å²) in [7, 11) is 0. The van der Waals surface area contributed by atoms with Crippen LogP contribution < -0.4 is 10.3 Å². The molecular weight excluding hydrogens is 285 g/mol. The van der Waals surface area contributed by atoms with E-state index >= 15 is 0 Å². The molecule has 0 saturated carbocycles. The van der Waals surface area contributed by atoms with Crippen LogP contribution in [0.2, 0.25) is 0 Å². The van der Waals surface area contributed by atoms with E-state index in [-0.39, 0.29) is 11.1 Å². The maximum Gasteiger partial charge on any atom is 0.573 e. The first kappa shape index (κ1) is 16.6. The van der Waals surface area contributed by atoms with Crippen molar-refractivity contribution in [3.8, 4) is 11.8 Å². The lowest BCUT2D eigenvalue weighted by atomic mass is 10.1. The molecule has 7 heteroatoms. The van der Waals surface area contributed by atoms with Gasteiger partial charge in [0, 0.05) is 17.0 Å². The smallest absolute Gasteiger partial charge is 0.404 e. The largest absolute Gasteiger partial charge is 0.573 e. The monoisotopic (exact) mass is 298 g/mol. The fraction of sp³-hybridized carbons (Fsp3) is 0.286. The van der Waals surface area contributed by atoms with Gasteiger partial charge in [0.1, 0.15) is 11.8 Å². The Morgan fingerprint density at radius 1 is 1.24 bits per heavy atom. The third-order valence-corrected chi connectivity index (χ3v) is 2.48. The van der Waals surface area contributed by atoms with Gasteiger partial charge in [-0.15, -0.1) is 13.2 Å². The van der Waals surface area contributed by atoms with Gasteiger partial charge >= 0.3 is 6.36 Å². The van der Waals surface area contributed by atoms with Gasteiger partial charge in [0.2, 0.25) is 0 Å². The molecule has 0 spiro atoms. The summed E-state index contributed by atoms with van der Waals surface area (Å²) in [5.41, 5.74) is -0.0823. The van der Waals surface area contributed by atoms with Crippen molar-refractivity contribution in [1.82, 2.24) is 4.98 Å². The van der Waals surface area contributed by atoms with Gasteiger partial charge in [0.15, 0.2) is 0 Å². The van der Waals surface area contributed by atoms with Gasteiger partial charge in [0.05, 0.1) is 11.1 Å². The van der Waals surface area contributed by atoms with Gasteiger partial charge < -0.3 is 9.72 Å². The molecule has 1 aromatic heterocycles. The van der Waals surface area contributed by atoms with Crippen molar-refractivity contribution in [1.29, 1.82) is 5.26 Å². The van der Waals surface area contributed by atoms with Crippen LogP contribution in [-0.4, -0.2) is 11.3 Å². The molecule has 1 heterocycles. The van der Waals surface area contributed by atoms with E-state index in [2.05, 4.69) is 9.72 Å². The van der Waals surface area contributed by atoms with E-state index < -0.39 is 17.7 Å². The molecule has 0 atom stereocenters. The molecule has 2 rings (SSSR count). The average Bonchev–Trinajstić information content (AvgIpc) is 2.40. The van der Waals surface area contributed by atoms with E-state index in [1.807, 2.05) is 13.8 Å². The van der Waals surface area contributed by atoms with Crippen LogP contribution in [-0.2, 0) is 0 Å². The number of benzene rings is 1. The molecule has 0 saturated heterocycles. The van der Waals surface area contributed by atoms with Crippen molar-refractivity contribution in [3.63, 3.8) is 0 Å². The Hall–Kier alpha value is -2.49. The Kier molecular flexibility index (Phi) is 4.97. The van der Waals surface area contributed by atoms with E-state index in [0.717, 1.165) is 6.07 Å². The van der Waals surface area contributed by atoms with Gasteiger partial charge in [0.25, 0.3) is 5.56 Å². The van der Waals surface area contributed by atoms with E-state index in [0.29, 0.717) is 10.9 Å². The fourth-order valence-electron chi connectivity index (χ4n) is 1.64. The number of ether oxygens (including phenoxy) is 1. The molecule has 0 radical (unpaired) electrons. The lowest BCUT2D eigenvalue weighted by molar-refractivity contribution is -0.274. The van der Waals surface area contributed by atoms with Crippen molar-refractivity contribution in [2.24, 2.45) is 0 Å². The molecular formula is C14H13F3N2O2. The van der Waals surface area contributed by atoms with Crippen LogP contribution >= 0.6 is 0 Å². The second kappa shape index (κ2) is 6.31. The minimum atomic E-state index is -4.90. The number of fused-ring (bicyclic) bond motifs is 1. The molecule has 0 aliphatic carbocycles. The van der Waals surface area contributed by atoms with Gasteiger partial charge in [-0.2, -0.15) is 5.26 Å². The molecule has 0 unspecified atom stereocenters. The van der Waals surface area contributed by atoms with Gasteiger partial charge in [-0.05, 0) is 19.1 Å². The molecule has 1 N–H and O–H groups in total. The number of aryl methyl sites for hydroxylation is 1. The standard InChI is InChI=1S/C12H7F3N2O2.C2H6/c1-6-2-7-3-8(5-16)10(19-12(13,14)15)4-9(7)17-11(6)18;1-2/h2-4H,1H3,(H,17,18);1-2H3. The summed E-state index contributed by atoms with van der Waals surface area (Å²) < 4.78 is 40.4. The highest BCUT2D eigenvalue weighted by Gasteiger charge is 2.32. The van der Waals surface area contributed by atoms with Gasteiger partial charge in [-0.3, -0.25) is 4.79 Å². The minimum Gasteiger partial charge on any atom is -0.404 e. The number of hydrogen-bond acceptors (Lipinski definition) is 3. The number of hydrogen-bond donors (Lipinski definition) is 1. The Bertz CT molecular complexity index is 743. The quantitative estimate of drug-likeness (QED) is 0.874. The predicted octanol–water partition coefficient (Wildman–Crippen LogP) is 3.63. The lowest BCUT2D eigenvalue weighted by Gasteiger charge is -2.11. The summed E-state index contributed by atoms with van der Waals surface area (Å²) >= 11 is 0. The normalized spacial score (nSPS) is 10.5. The Labute approximate surface area is 118 Å². The third kappa shape index (κ3) is 3.99. The molecule has 0 aliphatic rings. The second-order valence-corrected chi connectivity index (χ2v) is 3.88. The molecule has 0 amide bonds. The number of pyridine rings is 1. The summed E-state index contributed by atoms with van der Waals surface area (Å²) in [4.78, 5) is 13.8. The number of nitrogens with one attached hydrogen (secondary N) is 1. The van der Waals surface area contributed by atoms with E-state index in [4.69, 9.17) is 5.26 Å². The van der Waals surface area contributed by atoms with Crippen molar-refractivity contribution < 1.29 is 17.9 Å². The first-order chi connectivity index (χ1) is 9.80. The number of halogens is 3. The highest BCUT2D eigenvalue weighted by molar-refractivity contribution is 5.82. The van der Waals surface area contributed by atoms with Crippen molar-refractivity contribution >= 4 is 10.9 Å². The van der Waals surface area contributed by atoms with Crippen LogP contribution in [0, 0.1) is 18.3 Å². The molecule has 0 aliphatic heterocycles. The molecule has 112 valence electrons. The number of aromatic nitrogens is 1. The highest BCUT2D eigenvalue weighted by Crippen LogP contribution is 2.29. The van der Waals surface area contributed by atoms with Crippen molar-refractivity contribution in [2.45, 2.75) is 27.1 Å². The van der Waals surface area contributed by atoms with Crippen LogP contribution in [0.3, 0.4) is 0 Å². The van der Waals surface area contributed by atoms with E-state index in [1.165, 1.54) is 12.1 Å². The first-order valence-corrected chi connectivity index (χ1v) is 6.13. The van der Waals surface area contributed by atoms with E-state index in [1.54, 1.807) is 13.0 Å². The number of alkyl halides is 3. The minimum absolute atomic E-state index is 0.175. The molecule has 2 aromatic rings. The summed E-state index contributed by atoms with van der Waals surface area (Å²) in [6.45, 7) is 5.56. The van der Waals surface area contributed by atoms with Crippen LogP contribution in [0.4, 0.5) is 13.2 Å². The number of nitriles is 1. The summed E-state index contributed by atoms with van der Waals surface area (Å²) in [6.07, 6.45) is -4.90. The number of nitrogens with zero attached hydrogens (tertiary/aromatic N) is 1. The molecule has 4 nitrogen and oxygen atoms in total. The van der Waals surface area contributed by atoms with Crippen molar-refractivity contribution in [3.05, 3.63) is 39.7 Å². The first-order valence-electron chi connectivity index (χ1n) is 6.13. The highest BCUT2D eigenvalue weighted by atomic mass is 19.4. The zero-order chi connectivity index (χ0) is 16.2. The number of aromatic amines is 1. The third-order valence-electron chi connectivity index (χ3n) is 2.48. The Morgan fingerprint density at radius 3 is 2.38 bits per heavy atom. The maximum absolute atomic E-state index is 12.2. The predicted molar refractivity (Wildman–Crippen MR) is 72.1 cm³/mol. The zero-order valence-electron chi connectivity index (χ0n) is 11.6. The number of H-pyrrole nitrogens is 1. The lowest BCUT2D eigenvalue weighted by Crippen LogP contribution is -2.18. The van der Waals surface area contributed by atoms with Crippen molar-refractivity contribution in [2.75, 3.05) is 0 Å². The molecule has 1 aromatic carbocycles. The topological polar surface area (TPSA) is 65.9 Å². The maximum atomic E-state index is 12.2. The van der Waals surface area contributed by atoms with Gasteiger partial charge in [-0.1, -0.05) is 13.8 Å². The Morgan fingerprint density at radius 2 is 1.86 bits per heavy atom. The van der Waals surface area contributed by atoms with Crippen LogP contribution in [0.5, 0.6) is 5.75 Å². The molecule has 0 bridgehead atoms. The summed E-state index contributed by atoms with van der Waals surface area (Å²) in [5, 5.41) is 9.29. The van der Waals surface area contributed by atoms with Gasteiger partial charge in [-0.25, -0.2) is 0 Å². The average molecular weight is 298 g/mol. The van der Waals surface area contributed by atoms with E-state index in [9.17, 15) is 18.0 Å². The fourth-order valence-corrected chi connectivity index (χ4v) is 1.64. The van der Waals surface area contributed by atoms with Crippen LogP contribution in [0.1, 0.15) is 25.0 Å². The van der Waals surface area contributed by atoms with Crippen LogP contribution in [0.25, 0.3) is 10.9 Å². The SMILES string of the molecule is CC.Cc1cc2cc(C#N)c(OC(F)(F)F)cc2[nH]c1=O. The number of rotatable bonds is 1. The molecule has 0 fully saturated rings. The zero-order valence-corrected chi connectivity index (χ0v) is 11.6. The van der Waals surface area contributed by atoms with Crippen LogP contribution in [0.15, 0.2) is 23.0 Å². The molecule has 21 heavy (non-hydrogen) atoms. The second-order valence-electron chi connectivity index (χ2n) is 3.88. The summed E-state index contributed by atoms with van der Waals surface area (Å²) in [5.74, 6) is -0.637. The summed E-state index contributed by atoms with van der Waals surface area (Å²) in [6, 6.07) is 5.34.